The number of hydrogen-bond donors (Lipinski definition) is 1. The molecule has 3 nitrogen and oxygen atoms in total. The van der Waals surface area contributed by atoms with E-state index in [2.05, 4.69) is 33.3 Å². The molecule has 1 aromatic rings. The van der Waals surface area contributed by atoms with E-state index in [1.54, 1.807) is 0 Å². The molecule has 2 fully saturated rings. The smallest absolute Gasteiger partial charge is 0.0642 e. The van der Waals surface area contributed by atoms with Gasteiger partial charge in [-0.2, -0.15) is 0 Å². The highest BCUT2D eigenvalue weighted by Gasteiger charge is 2.29. The van der Waals surface area contributed by atoms with E-state index in [1.165, 1.54) is 50.0 Å². The largest absolute Gasteiger partial charge is 0.369 e. The van der Waals surface area contributed by atoms with Crippen molar-refractivity contribution in [1.29, 1.82) is 0 Å². The van der Waals surface area contributed by atoms with E-state index in [9.17, 15) is 0 Å². The van der Waals surface area contributed by atoms with Crippen molar-refractivity contribution in [2.24, 2.45) is 0 Å². The minimum atomic E-state index is 0.721. The van der Waals surface area contributed by atoms with Crippen molar-refractivity contribution in [2.45, 2.75) is 38.3 Å². The van der Waals surface area contributed by atoms with E-state index >= 15 is 0 Å². The second-order valence-corrected chi connectivity index (χ2v) is 6.71. The molecule has 0 saturated carbocycles. The number of benzene rings is 1. The molecule has 2 heterocycles. The number of piperidine rings is 1. The minimum Gasteiger partial charge on any atom is -0.369 e. The number of nitrogens with one attached hydrogen (secondary N) is 1. The Kier molecular flexibility index (Phi) is 5.04. The number of rotatable bonds is 4. The topological polar surface area (TPSA) is 18.5 Å². The highest BCUT2D eigenvalue weighted by atomic mass is 35.5. The second-order valence-electron chi connectivity index (χ2n) is 6.30. The van der Waals surface area contributed by atoms with Crippen molar-refractivity contribution in [3.63, 3.8) is 0 Å². The summed E-state index contributed by atoms with van der Waals surface area (Å²) in [6, 6.07) is 7.19. The molecule has 0 bridgehead atoms. The lowest BCUT2D eigenvalue weighted by molar-refractivity contribution is 0.175. The molecule has 1 atom stereocenters. The molecule has 21 heavy (non-hydrogen) atoms. The molecule has 1 aromatic carbocycles. The molecule has 1 N–H and O–H groups in total. The summed E-state index contributed by atoms with van der Waals surface area (Å²) in [4.78, 5) is 5.15. The van der Waals surface area contributed by atoms with E-state index < -0.39 is 0 Å². The van der Waals surface area contributed by atoms with Crippen molar-refractivity contribution in [2.75, 3.05) is 38.1 Å². The number of hydrogen-bond acceptors (Lipinski definition) is 3. The first kappa shape index (κ1) is 15.1. The third kappa shape index (κ3) is 3.53. The molecule has 4 heteroatoms. The highest BCUT2D eigenvalue weighted by Crippen LogP contribution is 2.31. The summed E-state index contributed by atoms with van der Waals surface area (Å²) in [6.07, 6.45) is 5.42. The lowest BCUT2D eigenvalue weighted by Crippen LogP contribution is -2.40. The molecule has 2 aliphatic heterocycles. The lowest BCUT2D eigenvalue weighted by atomic mass is 10.1. The fraction of sp³-hybridized carbons (Fsp3) is 0.647. The van der Waals surface area contributed by atoms with Crippen LogP contribution in [0.15, 0.2) is 18.2 Å². The third-order valence-electron chi connectivity index (χ3n) is 4.80. The highest BCUT2D eigenvalue weighted by molar-refractivity contribution is 6.33. The SMILES string of the molecule is CNCc1ccc(N2CCC(N3CCCCC3)C2)c(Cl)c1. The predicted molar refractivity (Wildman–Crippen MR) is 90.3 cm³/mol. The zero-order valence-corrected chi connectivity index (χ0v) is 13.7. The number of likely N-dealkylation sites (tertiary alicyclic amines) is 1. The van der Waals surface area contributed by atoms with Gasteiger partial charge in [0.15, 0.2) is 0 Å². The summed E-state index contributed by atoms with van der Waals surface area (Å²) in [7, 11) is 1.96. The van der Waals surface area contributed by atoms with Crippen LogP contribution in [-0.4, -0.2) is 44.2 Å². The fourth-order valence-corrected chi connectivity index (χ4v) is 3.99. The Morgan fingerprint density at radius 2 is 2.00 bits per heavy atom. The van der Waals surface area contributed by atoms with E-state index in [0.717, 1.165) is 30.7 Å². The zero-order chi connectivity index (χ0) is 14.7. The number of anilines is 1. The van der Waals surface area contributed by atoms with Crippen LogP contribution in [0.3, 0.4) is 0 Å². The summed E-state index contributed by atoms with van der Waals surface area (Å²) >= 11 is 6.50. The van der Waals surface area contributed by atoms with Crippen LogP contribution in [0.4, 0.5) is 5.69 Å². The Labute approximate surface area is 133 Å². The monoisotopic (exact) mass is 307 g/mol. The standard InChI is InChI=1S/C17H26ClN3/c1-19-12-14-5-6-17(16(18)11-14)21-10-7-15(13-21)20-8-3-2-4-9-20/h5-6,11,15,19H,2-4,7-10,12-13H2,1H3. The van der Waals surface area contributed by atoms with Gasteiger partial charge in [-0.1, -0.05) is 24.1 Å². The Morgan fingerprint density at radius 3 is 2.71 bits per heavy atom. The minimum absolute atomic E-state index is 0.721. The maximum absolute atomic E-state index is 6.50. The van der Waals surface area contributed by atoms with Crippen LogP contribution < -0.4 is 10.2 Å². The molecule has 3 rings (SSSR count). The summed E-state index contributed by atoms with van der Waals surface area (Å²) in [6.45, 7) is 5.70. The predicted octanol–water partition coefficient (Wildman–Crippen LogP) is 3.12. The Bertz CT molecular complexity index is 471. The van der Waals surface area contributed by atoms with Crippen molar-refractivity contribution < 1.29 is 0 Å². The van der Waals surface area contributed by atoms with Crippen LogP contribution in [0, 0.1) is 0 Å². The molecule has 0 aliphatic carbocycles. The molecule has 0 radical (unpaired) electrons. The summed E-state index contributed by atoms with van der Waals surface area (Å²) < 4.78 is 0. The molecular weight excluding hydrogens is 282 g/mol. The van der Waals surface area contributed by atoms with Crippen LogP contribution in [0.5, 0.6) is 0 Å². The fourth-order valence-electron chi connectivity index (χ4n) is 3.66. The van der Waals surface area contributed by atoms with Gasteiger partial charge in [-0.3, -0.25) is 4.90 Å². The Hall–Kier alpha value is -0.770. The Morgan fingerprint density at radius 1 is 1.19 bits per heavy atom. The van der Waals surface area contributed by atoms with Crippen LogP contribution >= 0.6 is 11.6 Å². The van der Waals surface area contributed by atoms with E-state index in [0.29, 0.717) is 0 Å². The maximum Gasteiger partial charge on any atom is 0.0642 e. The number of nitrogens with zero attached hydrogens (tertiary/aromatic N) is 2. The van der Waals surface area contributed by atoms with Gasteiger partial charge in [0.1, 0.15) is 0 Å². The van der Waals surface area contributed by atoms with Crippen LogP contribution in [0.2, 0.25) is 5.02 Å². The average Bonchev–Trinajstić information content (AvgIpc) is 2.98. The van der Waals surface area contributed by atoms with Crippen molar-refractivity contribution in [1.82, 2.24) is 10.2 Å². The molecule has 0 aromatic heterocycles. The summed E-state index contributed by atoms with van der Waals surface area (Å²) in [5.74, 6) is 0. The third-order valence-corrected chi connectivity index (χ3v) is 5.11. The zero-order valence-electron chi connectivity index (χ0n) is 12.9. The maximum atomic E-state index is 6.50. The van der Waals surface area contributed by atoms with Gasteiger partial charge in [0, 0.05) is 25.7 Å². The van der Waals surface area contributed by atoms with Gasteiger partial charge in [-0.05, 0) is 57.1 Å². The van der Waals surface area contributed by atoms with Gasteiger partial charge in [0.05, 0.1) is 10.7 Å². The first-order chi connectivity index (χ1) is 10.3. The van der Waals surface area contributed by atoms with Gasteiger partial charge in [-0.15, -0.1) is 0 Å². The molecule has 0 amide bonds. The van der Waals surface area contributed by atoms with Gasteiger partial charge >= 0.3 is 0 Å². The van der Waals surface area contributed by atoms with Crippen molar-refractivity contribution >= 4 is 17.3 Å². The molecule has 116 valence electrons. The van der Waals surface area contributed by atoms with E-state index in [4.69, 9.17) is 11.6 Å². The van der Waals surface area contributed by atoms with Crippen LogP contribution in [-0.2, 0) is 6.54 Å². The second kappa shape index (κ2) is 6.99. The normalized spacial score (nSPS) is 23.7. The molecule has 2 aliphatic rings. The quantitative estimate of drug-likeness (QED) is 0.922. The van der Waals surface area contributed by atoms with Crippen molar-refractivity contribution in [3.05, 3.63) is 28.8 Å². The molecule has 1 unspecified atom stereocenters. The van der Waals surface area contributed by atoms with Crippen LogP contribution in [0.25, 0.3) is 0 Å². The van der Waals surface area contributed by atoms with Crippen molar-refractivity contribution in [3.8, 4) is 0 Å². The first-order valence-corrected chi connectivity index (χ1v) is 8.58. The first-order valence-electron chi connectivity index (χ1n) is 8.20. The molecular formula is C17H26ClN3. The average molecular weight is 308 g/mol. The van der Waals surface area contributed by atoms with Gasteiger partial charge in [0.2, 0.25) is 0 Å². The van der Waals surface area contributed by atoms with E-state index in [-0.39, 0.29) is 0 Å². The lowest BCUT2D eigenvalue weighted by Gasteiger charge is -2.32. The van der Waals surface area contributed by atoms with Gasteiger partial charge in [-0.25, -0.2) is 0 Å². The molecule has 2 saturated heterocycles. The summed E-state index contributed by atoms with van der Waals surface area (Å²) in [5, 5.41) is 4.06. The number of halogens is 1. The van der Waals surface area contributed by atoms with Gasteiger partial charge < -0.3 is 10.2 Å². The van der Waals surface area contributed by atoms with E-state index in [1.807, 2.05) is 7.05 Å². The summed E-state index contributed by atoms with van der Waals surface area (Å²) in [5.41, 5.74) is 2.45. The van der Waals surface area contributed by atoms with Gasteiger partial charge in [0.25, 0.3) is 0 Å². The Balaban J connectivity index is 1.65. The van der Waals surface area contributed by atoms with Crippen LogP contribution in [0.1, 0.15) is 31.2 Å². The molecule has 0 spiro atoms.